The molecule has 1 fully saturated rings. The van der Waals surface area contributed by atoms with Crippen LogP contribution in [0.5, 0.6) is 0 Å². The molecule has 0 aliphatic carbocycles. The van der Waals surface area contributed by atoms with Crippen molar-refractivity contribution in [2.45, 2.75) is 6.23 Å². The number of rotatable bonds is 1. The Morgan fingerprint density at radius 2 is 2.60 bits per heavy atom. The average Bonchev–Trinajstić information content (AvgIpc) is 1.88. The van der Waals surface area contributed by atoms with E-state index in [9.17, 15) is 10.1 Å². The van der Waals surface area contributed by atoms with Crippen molar-refractivity contribution in [3.05, 3.63) is 16.7 Å². The minimum atomic E-state index is -0.876. The molecule has 0 aromatic rings. The summed E-state index contributed by atoms with van der Waals surface area (Å²) in [5.41, 5.74) is 0. The van der Waals surface area contributed by atoms with Crippen molar-refractivity contribution >= 4 is 0 Å². The highest BCUT2D eigenvalue weighted by Gasteiger charge is 2.26. The third-order valence-corrected chi connectivity index (χ3v) is 1.34. The summed E-state index contributed by atoms with van der Waals surface area (Å²) in [6.45, 7) is 2.48. The molecule has 0 bridgehead atoms. The topological polar surface area (TPSA) is 55.6 Å². The number of ether oxygens (including phenoxy) is 1. The molecule has 10 heavy (non-hydrogen) atoms. The van der Waals surface area contributed by atoms with Gasteiger partial charge >= 0.3 is 6.23 Å². The zero-order valence-corrected chi connectivity index (χ0v) is 5.69. The van der Waals surface area contributed by atoms with Gasteiger partial charge in [0.15, 0.2) is 0 Å². The Morgan fingerprint density at radius 1 is 1.90 bits per heavy atom. The molecule has 57 valence electrons. The average molecular weight is 145 g/mol. The maximum Gasteiger partial charge on any atom is 0.328 e. The molecule has 1 rings (SSSR count). The van der Waals surface area contributed by atoms with Gasteiger partial charge in [0.25, 0.3) is 0 Å². The van der Waals surface area contributed by atoms with Gasteiger partial charge in [0, 0.05) is 6.54 Å². The fourth-order valence-corrected chi connectivity index (χ4v) is 0.782. The highest BCUT2D eigenvalue weighted by atomic mass is 16.7. The lowest BCUT2D eigenvalue weighted by Gasteiger charge is -2.23. The number of morpholine rings is 1. The molecule has 1 atom stereocenters. The number of hydrogen-bond donors (Lipinski definition) is 0. The predicted molar refractivity (Wildman–Crippen MR) is 33.7 cm³/mol. The number of hydrogen-bond acceptors (Lipinski definition) is 4. The van der Waals surface area contributed by atoms with Gasteiger partial charge in [-0.1, -0.05) is 0 Å². The van der Waals surface area contributed by atoms with E-state index in [2.05, 4.69) is 0 Å². The molecule has 0 spiro atoms. The van der Waals surface area contributed by atoms with Crippen LogP contribution < -0.4 is 0 Å². The number of likely N-dealkylation sites (N-methyl/N-ethyl adjacent to an activating group) is 1. The molecule has 0 aromatic heterocycles. The fourth-order valence-electron chi connectivity index (χ4n) is 0.782. The van der Waals surface area contributed by atoms with Gasteiger partial charge in [0.2, 0.25) is 0 Å². The van der Waals surface area contributed by atoms with Crippen LogP contribution in [-0.4, -0.2) is 36.2 Å². The lowest BCUT2D eigenvalue weighted by atomic mass is 10.4. The second-order valence-electron chi connectivity index (χ2n) is 2.26. The molecular weight excluding hydrogens is 136 g/mol. The van der Waals surface area contributed by atoms with Crippen LogP contribution in [0.25, 0.3) is 0 Å². The second kappa shape index (κ2) is 2.94. The normalized spacial score (nSPS) is 28.3. The van der Waals surface area contributed by atoms with Crippen molar-refractivity contribution in [2.75, 3.05) is 20.1 Å². The number of nitro groups is 1. The molecule has 1 saturated heterocycles. The van der Waals surface area contributed by atoms with Crippen molar-refractivity contribution in [3.8, 4) is 0 Å². The van der Waals surface area contributed by atoms with Gasteiger partial charge in [0.1, 0.15) is 6.61 Å². The largest absolute Gasteiger partial charge is 0.328 e. The molecule has 0 saturated carbocycles. The lowest BCUT2D eigenvalue weighted by Crippen LogP contribution is -2.41. The van der Waals surface area contributed by atoms with E-state index in [4.69, 9.17) is 4.74 Å². The predicted octanol–water partition coefficient (Wildman–Crippen LogP) is -0.287. The van der Waals surface area contributed by atoms with Crippen LogP contribution in [0.1, 0.15) is 0 Å². The van der Waals surface area contributed by atoms with Gasteiger partial charge in [-0.15, -0.1) is 0 Å². The quantitative estimate of drug-likeness (QED) is 0.376. The van der Waals surface area contributed by atoms with Crippen LogP contribution >= 0.6 is 0 Å². The van der Waals surface area contributed by atoms with E-state index in [1.807, 2.05) is 11.9 Å². The first-order chi connectivity index (χ1) is 4.70. The highest BCUT2D eigenvalue weighted by Crippen LogP contribution is 2.05. The first-order valence-electron chi connectivity index (χ1n) is 2.99. The zero-order chi connectivity index (χ0) is 7.56. The molecule has 1 radical (unpaired) electrons. The van der Waals surface area contributed by atoms with Crippen LogP contribution in [0, 0.1) is 16.7 Å². The van der Waals surface area contributed by atoms with Gasteiger partial charge in [-0.3, -0.25) is 15.0 Å². The standard InChI is InChI=1S/C5H9N2O3/c1-6-2-3-10-5(4-6)7(8)9/h3,5H,2,4H2,1H3. The molecule has 1 aliphatic rings. The smallest absolute Gasteiger partial charge is 0.309 e. The lowest BCUT2D eigenvalue weighted by molar-refractivity contribution is -0.575. The summed E-state index contributed by atoms with van der Waals surface area (Å²) in [5, 5.41) is 10.1. The summed E-state index contributed by atoms with van der Waals surface area (Å²) in [7, 11) is 1.82. The number of nitrogens with zero attached hydrogens (tertiary/aromatic N) is 2. The van der Waals surface area contributed by atoms with Crippen molar-refractivity contribution in [1.29, 1.82) is 0 Å². The first kappa shape index (κ1) is 7.43. The molecule has 5 nitrogen and oxygen atoms in total. The van der Waals surface area contributed by atoms with Crippen molar-refractivity contribution in [3.63, 3.8) is 0 Å². The SMILES string of the molecule is CN1C[CH]OC([N+](=O)[O-])C1. The van der Waals surface area contributed by atoms with E-state index in [1.165, 1.54) is 6.61 Å². The minimum absolute atomic E-state index is 0.365. The summed E-state index contributed by atoms with van der Waals surface area (Å²) in [4.78, 5) is 11.5. The van der Waals surface area contributed by atoms with Gasteiger partial charge in [0.05, 0.1) is 11.5 Å². The Balaban J connectivity index is 2.39. The third-order valence-electron chi connectivity index (χ3n) is 1.34. The first-order valence-corrected chi connectivity index (χ1v) is 2.99. The van der Waals surface area contributed by atoms with Gasteiger partial charge in [-0.05, 0) is 7.05 Å². The fraction of sp³-hybridized carbons (Fsp3) is 0.800. The molecular formula is C5H9N2O3. The maximum absolute atomic E-state index is 10.1. The minimum Gasteiger partial charge on any atom is -0.309 e. The molecule has 5 heteroatoms. The maximum atomic E-state index is 10.1. The van der Waals surface area contributed by atoms with Crippen LogP contribution in [-0.2, 0) is 4.74 Å². The van der Waals surface area contributed by atoms with Crippen molar-refractivity contribution in [1.82, 2.24) is 4.90 Å². The van der Waals surface area contributed by atoms with Crippen molar-refractivity contribution < 1.29 is 9.66 Å². The summed E-state index contributed by atoms with van der Waals surface area (Å²) < 4.78 is 4.74. The second-order valence-corrected chi connectivity index (χ2v) is 2.26. The molecule has 0 N–H and O–H groups in total. The van der Waals surface area contributed by atoms with Gasteiger partial charge < -0.3 is 4.74 Å². The molecule has 1 heterocycles. The van der Waals surface area contributed by atoms with E-state index >= 15 is 0 Å². The van der Waals surface area contributed by atoms with E-state index in [0.29, 0.717) is 13.1 Å². The van der Waals surface area contributed by atoms with E-state index < -0.39 is 11.2 Å². The Hall–Kier alpha value is -0.680. The van der Waals surface area contributed by atoms with Crippen LogP contribution in [0.15, 0.2) is 0 Å². The molecule has 1 aliphatic heterocycles. The van der Waals surface area contributed by atoms with Gasteiger partial charge in [-0.2, -0.15) is 0 Å². The monoisotopic (exact) mass is 145 g/mol. The van der Waals surface area contributed by atoms with Gasteiger partial charge in [-0.25, -0.2) is 0 Å². The molecule has 1 unspecified atom stereocenters. The van der Waals surface area contributed by atoms with E-state index in [0.717, 1.165) is 0 Å². The van der Waals surface area contributed by atoms with E-state index in [1.54, 1.807) is 0 Å². The van der Waals surface area contributed by atoms with Crippen LogP contribution in [0.4, 0.5) is 0 Å². The van der Waals surface area contributed by atoms with Crippen LogP contribution in [0.3, 0.4) is 0 Å². The Bertz CT molecular complexity index is 139. The van der Waals surface area contributed by atoms with Crippen LogP contribution in [0.2, 0.25) is 0 Å². The highest BCUT2D eigenvalue weighted by molar-refractivity contribution is 4.67. The zero-order valence-electron chi connectivity index (χ0n) is 5.69. The van der Waals surface area contributed by atoms with E-state index in [-0.39, 0.29) is 0 Å². The molecule has 0 amide bonds. The Kier molecular flexibility index (Phi) is 2.18. The Labute approximate surface area is 58.7 Å². The summed E-state index contributed by atoms with van der Waals surface area (Å²) >= 11 is 0. The summed E-state index contributed by atoms with van der Waals surface area (Å²) in [6, 6.07) is 0. The Morgan fingerprint density at radius 3 is 3.00 bits per heavy atom. The molecule has 0 aromatic carbocycles. The summed E-state index contributed by atoms with van der Waals surface area (Å²) in [5.74, 6) is 0. The summed E-state index contributed by atoms with van der Waals surface area (Å²) in [6.07, 6.45) is -0.876. The van der Waals surface area contributed by atoms with Crippen molar-refractivity contribution in [2.24, 2.45) is 0 Å². The third kappa shape index (κ3) is 1.65.